The van der Waals surface area contributed by atoms with Crippen molar-refractivity contribution in [3.63, 3.8) is 0 Å². The number of hydrogen-bond donors (Lipinski definition) is 1. The maximum Gasteiger partial charge on any atom is 0.514 e. The topological polar surface area (TPSA) is 163 Å². The second kappa shape index (κ2) is 11.6. The molecule has 3 aromatic rings. The van der Waals surface area contributed by atoms with E-state index in [0.29, 0.717) is 34.9 Å². The van der Waals surface area contributed by atoms with E-state index in [4.69, 9.17) is 14.6 Å². The number of non-ortho nitro benzene ring substituents is 1. The first-order chi connectivity index (χ1) is 19.0. The fourth-order valence-electron chi connectivity index (χ4n) is 4.57. The molecule has 40 heavy (non-hydrogen) atoms. The van der Waals surface area contributed by atoms with Gasteiger partial charge in [-0.3, -0.25) is 14.9 Å². The highest BCUT2D eigenvalue weighted by molar-refractivity contribution is 5.68. The molecule has 2 aromatic heterocycles. The van der Waals surface area contributed by atoms with E-state index in [1.54, 1.807) is 19.2 Å². The van der Waals surface area contributed by atoms with Gasteiger partial charge in [-0.2, -0.15) is 0 Å². The van der Waals surface area contributed by atoms with Gasteiger partial charge in [-0.15, -0.1) is 5.10 Å². The molecule has 0 amide bonds. The molecule has 1 N–H and O–H groups in total. The molecule has 0 spiro atoms. The molecule has 1 aromatic carbocycles. The highest BCUT2D eigenvalue weighted by Gasteiger charge is 2.41. The zero-order valence-electron chi connectivity index (χ0n) is 21.6. The Morgan fingerprint density at radius 1 is 1.23 bits per heavy atom. The molecular weight excluding hydrogens is 534 g/mol. The van der Waals surface area contributed by atoms with Gasteiger partial charge in [-0.25, -0.2) is 23.2 Å². The standard InChI is InChI=1S/C25H26F2N6O7/c1-3-18-20(32-12-15(10-22(34)35)11-25(26,27)14-32)9-8-19(28-18)23-21(31(2)30-29-23)13-39-24(36)40-17-6-4-16(5-7-17)33(37)38/h4-9,15H,3,10-14H2,1-2H3,(H,34,35)/t15-/m0/s1. The van der Waals surface area contributed by atoms with E-state index >= 15 is 0 Å². The Hall–Kier alpha value is -4.69. The molecule has 3 heterocycles. The summed E-state index contributed by atoms with van der Waals surface area (Å²) in [6, 6.07) is 8.12. The third kappa shape index (κ3) is 6.65. The predicted octanol–water partition coefficient (Wildman–Crippen LogP) is 4.00. The smallest absolute Gasteiger partial charge is 0.481 e. The number of piperidine rings is 1. The fraction of sp³-hybridized carbons (Fsp3) is 0.400. The van der Waals surface area contributed by atoms with Crippen LogP contribution in [0.25, 0.3) is 11.4 Å². The van der Waals surface area contributed by atoms with Gasteiger partial charge in [0.15, 0.2) is 0 Å². The number of carboxylic acids is 1. The van der Waals surface area contributed by atoms with Gasteiger partial charge in [-0.1, -0.05) is 12.1 Å². The van der Waals surface area contributed by atoms with Crippen molar-refractivity contribution in [2.24, 2.45) is 13.0 Å². The molecule has 0 saturated carbocycles. The van der Waals surface area contributed by atoms with E-state index in [9.17, 15) is 28.5 Å². The molecule has 1 saturated heterocycles. The molecule has 0 unspecified atom stereocenters. The Morgan fingerprint density at radius 3 is 2.60 bits per heavy atom. The van der Waals surface area contributed by atoms with Gasteiger partial charge in [0.2, 0.25) is 0 Å². The quantitative estimate of drug-likeness (QED) is 0.174. The van der Waals surface area contributed by atoms with E-state index in [-0.39, 0.29) is 31.0 Å². The van der Waals surface area contributed by atoms with E-state index < -0.39 is 41.9 Å². The Morgan fingerprint density at radius 2 is 1.95 bits per heavy atom. The Kier molecular flexibility index (Phi) is 8.21. The number of carbonyl (C=O) groups is 2. The maximum atomic E-state index is 14.5. The lowest BCUT2D eigenvalue weighted by Gasteiger charge is -2.39. The monoisotopic (exact) mass is 560 g/mol. The summed E-state index contributed by atoms with van der Waals surface area (Å²) in [6.45, 7) is 1.15. The number of aliphatic carboxylic acids is 1. The van der Waals surface area contributed by atoms with Crippen LogP contribution in [0.2, 0.25) is 0 Å². The first-order valence-corrected chi connectivity index (χ1v) is 12.3. The van der Waals surface area contributed by atoms with Crippen molar-refractivity contribution in [3.8, 4) is 17.1 Å². The lowest BCUT2D eigenvalue weighted by Crippen LogP contribution is -2.48. The second-order valence-electron chi connectivity index (χ2n) is 9.32. The third-order valence-corrected chi connectivity index (χ3v) is 6.34. The van der Waals surface area contributed by atoms with E-state index in [1.807, 2.05) is 6.92 Å². The van der Waals surface area contributed by atoms with Crippen LogP contribution in [0.15, 0.2) is 36.4 Å². The Balaban J connectivity index is 1.50. The molecule has 1 atom stereocenters. The summed E-state index contributed by atoms with van der Waals surface area (Å²) < 4.78 is 40.5. The van der Waals surface area contributed by atoms with Gasteiger partial charge in [0.1, 0.15) is 23.7 Å². The first kappa shape index (κ1) is 28.3. The Bertz CT molecular complexity index is 1410. The average Bonchev–Trinajstić information content (AvgIpc) is 3.26. The van der Waals surface area contributed by atoms with Crippen LogP contribution in [0.5, 0.6) is 5.75 Å². The van der Waals surface area contributed by atoms with Crippen LogP contribution in [0.1, 0.15) is 31.2 Å². The number of nitro groups is 1. The molecule has 0 bridgehead atoms. The van der Waals surface area contributed by atoms with E-state index in [0.717, 1.165) is 0 Å². The summed E-state index contributed by atoms with van der Waals surface area (Å²) in [5.74, 6) is -4.82. The van der Waals surface area contributed by atoms with Crippen LogP contribution in [0.4, 0.5) is 25.0 Å². The number of rotatable bonds is 9. The molecule has 0 radical (unpaired) electrons. The van der Waals surface area contributed by atoms with Gasteiger partial charge in [0.05, 0.1) is 35.0 Å². The van der Waals surface area contributed by atoms with E-state index in [1.165, 1.54) is 33.8 Å². The lowest BCUT2D eigenvalue weighted by molar-refractivity contribution is -0.384. The number of carboxylic acid groups (broad SMARTS) is 1. The summed E-state index contributed by atoms with van der Waals surface area (Å²) >= 11 is 0. The number of benzene rings is 1. The zero-order valence-corrected chi connectivity index (χ0v) is 21.6. The highest BCUT2D eigenvalue weighted by atomic mass is 19.3. The van der Waals surface area contributed by atoms with Crippen LogP contribution < -0.4 is 9.64 Å². The second-order valence-corrected chi connectivity index (χ2v) is 9.32. The minimum Gasteiger partial charge on any atom is -0.481 e. The molecule has 1 fully saturated rings. The first-order valence-electron chi connectivity index (χ1n) is 12.3. The number of hydrogen-bond acceptors (Lipinski definition) is 10. The Labute approximate surface area is 226 Å². The molecule has 13 nitrogen and oxygen atoms in total. The van der Waals surface area contributed by atoms with E-state index in [2.05, 4.69) is 15.3 Å². The normalized spacial score (nSPS) is 16.4. The number of pyridine rings is 1. The van der Waals surface area contributed by atoms with Gasteiger partial charge in [0.25, 0.3) is 11.6 Å². The van der Waals surface area contributed by atoms with Gasteiger partial charge < -0.3 is 19.5 Å². The minimum atomic E-state index is -3.04. The number of nitro benzene ring substituents is 1. The van der Waals surface area contributed by atoms with Crippen molar-refractivity contribution in [1.82, 2.24) is 20.0 Å². The van der Waals surface area contributed by atoms with Gasteiger partial charge in [-0.05, 0) is 36.6 Å². The summed E-state index contributed by atoms with van der Waals surface area (Å²) in [5.41, 5.74) is 1.90. The van der Waals surface area contributed by atoms with Gasteiger partial charge in [0, 0.05) is 32.1 Å². The molecule has 212 valence electrons. The van der Waals surface area contributed by atoms with Crippen molar-refractivity contribution in [3.05, 3.63) is 57.9 Å². The molecular formula is C25H26F2N6O7. The summed E-state index contributed by atoms with van der Waals surface area (Å²) in [5, 5.41) is 28.0. The molecule has 4 rings (SSSR count). The third-order valence-electron chi connectivity index (χ3n) is 6.34. The maximum absolute atomic E-state index is 14.5. The zero-order chi connectivity index (χ0) is 29.0. The summed E-state index contributed by atoms with van der Waals surface area (Å²) in [7, 11) is 1.59. The van der Waals surface area contributed by atoms with Crippen LogP contribution in [-0.4, -0.2) is 61.1 Å². The largest absolute Gasteiger partial charge is 0.514 e. The number of aromatic nitrogens is 4. The molecule has 1 aliphatic heterocycles. The SMILES string of the molecule is CCc1nc(-c2nnn(C)c2COC(=O)Oc2ccc([N+](=O)[O-])cc2)ccc1N1C[C@@H](CC(=O)O)CC(F)(F)C1. The molecule has 1 aliphatic rings. The number of anilines is 1. The highest BCUT2D eigenvalue weighted by Crippen LogP contribution is 2.36. The van der Waals surface area contributed by atoms with Crippen molar-refractivity contribution >= 4 is 23.5 Å². The van der Waals surface area contributed by atoms with Crippen LogP contribution in [0, 0.1) is 16.0 Å². The number of alkyl halides is 2. The van der Waals surface area contributed by atoms with Gasteiger partial charge >= 0.3 is 12.1 Å². The molecule has 0 aliphatic carbocycles. The van der Waals surface area contributed by atoms with Crippen molar-refractivity contribution in [2.45, 2.75) is 38.7 Å². The van der Waals surface area contributed by atoms with Crippen molar-refractivity contribution in [1.29, 1.82) is 0 Å². The van der Waals surface area contributed by atoms with Crippen molar-refractivity contribution in [2.75, 3.05) is 18.0 Å². The van der Waals surface area contributed by atoms with Crippen molar-refractivity contribution < 1.29 is 37.9 Å². The summed E-state index contributed by atoms with van der Waals surface area (Å²) in [6.07, 6.45) is -1.49. The fourth-order valence-corrected chi connectivity index (χ4v) is 4.57. The predicted molar refractivity (Wildman–Crippen MR) is 135 cm³/mol. The number of carbonyl (C=O) groups excluding carboxylic acids is 1. The number of ether oxygens (including phenoxy) is 2. The molecule has 15 heteroatoms. The van der Waals surface area contributed by atoms with Crippen LogP contribution >= 0.6 is 0 Å². The average molecular weight is 561 g/mol. The minimum absolute atomic E-state index is 0.0534. The number of halogens is 2. The van der Waals surface area contributed by atoms with Crippen LogP contribution in [0.3, 0.4) is 0 Å². The lowest BCUT2D eigenvalue weighted by atomic mass is 9.91. The number of aryl methyl sites for hydroxylation is 2. The number of nitrogens with zero attached hydrogens (tertiary/aromatic N) is 6. The summed E-state index contributed by atoms with van der Waals surface area (Å²) in [4.78, 5) is 39.6. The van der Waals surface area contributed by atoms with Crippen LogP contribution in [-0.2, 0) is 29.6 Å².